The number of carbonyl (C=O) groups is 1. The van der Waals surface area contributed by atoms with Crippen LogP contribution in [0, 0.1) is 0 Å². The van der Waals surface area contributed by atoms with Crippen molar-refractivity contribution in [1.29, 1.82) is 0 Å². The smallest absolute Gasteiger partial charge is 0.342 e. The topological polar surface area (TPSA) is 127 Å². The summed E-state index contributed by atoms with van der Waals surface area (Å²) in [5, 5.41) is 8.92. The fraction of sp³-hybridized carbons (Fsp3) is 0.300. The number of H-pyrrole nitrogens is 1. The second-order valence-corrected chi connectivity index (χ2v) is 5.34. The molecule has 2 aromatic rings. The largest absolute Gasteiger partial charge is 0.462 e. The first-order valence-corrected chi connectivity index (χ1v) is 7.12. The Balaban J connectivity index is 2.17. The van der Waals surface area contributed by atoms with Crippen molar-refractivity contribution in [2.24, 2.45) is 0 Å². The maximum absolute atomic E-state index is 12.1. The lowest BCUT2D eigenvalue weighted by molar-refractivity contribution is 0.0522. The molecule has 2 aromatic heterocycles. The second kappa shape index (κ2) is 5.84. The average Bonchev–Trinajstić information content (AvgIpc) is 3.08. The number of hydrogen-bond donors (Lipinski definition) is 2. The Morgan fingerprint density at radius 2 is 2.35 bits per heavy atom. The van der Waals surface area contributed by atoms with Crippen molar-refractivity contribution in [3.63, 3.8) is 0 Å². The number of aromatic amines is 1. The number of nitrogens with one attached hydrogen (secondary N) is 2. The molecule has 0 bridgehead atoms. The summed E-state index contributed by atoms with van der Waals surface area (Å²) < 4.78 is 35.9. The second-order valence-electron chi connectivity index (χ2n) is 3.64. The van der Waals surface area contributed by atoms with E-state index in [0.717, 1.165) is 6.20 Å². The highest BCUT2D eigenvalue weighted by Gasteiger charge is 2.25. The van der Waals surface area contributed by atoms with Crippen molar-refractivity contribution >= 4 is 16.0 Å². The van der Waals surface area contributed by atoms with Crippen LogP contribution >= 0.6 is 0 Å². The molecule has 108 valence electrons. The van der Waals surface area contributed by atoms with Gasteiger partial charge >= 0.3 is 5.97 Å². The van der Waals surface area contributed by atoms with E-state index in [1.165, 1.54) is 12.3 Å². The highest BCUT2D eigenvalue weighted by molar-refractivity contribution is 7.89. The predicted molar refractivity (Wildman–Crippen MR) is 65.1 cm³/mol. The van der Waals surface area contributed by atoms with Crippen molar-refractivity contribution < 1.29 is 22.5 Å². The summed E-state index contributed by atoms with van der Waals surface area (Å²) in [6, 6.07) is 1.52. The lowest BCUT2D eigenvalue weighted by atomic mass is 10.4. The molecule has 0 atom stereocenters. The summed E-state index contributed by atoms with van der Waals surface area (Å²) in [5.74, 6) is -0.424. The SMILES string of the molecule is CCOC(=O)c1cn[nH]c1S(=O)(=O)NCc1ccno1. The molecule has 0 fully saturated rings. The van der Waals surface area contributed by atoms with Crippen molar-refractivity contribution in [1.82, 2.24) is 20.1 Å². The van der Waals surface area contributed by atoms with Gasteiger partial charge in [0.1, 0.15) is 5.56 Å². The van der Waals surface area contributed by atoms with E-state index >= 15 is 0 Å². The van der Waals surface area contributed by atoms with E-state index < -0.39 is 16.0 Å². The van der Waals surface area contributed by atoms with E-state index in [2.05, 4.69) is 20.1 Å². The van der Waals surface area contributed by atoms with Gasteiger partial charge in [0.25, 0.3) is 10.0 Å². The van der Waals surface area contributed by atoms with Gasteiger partial charge in [0, 0.05) is 6.07 Å². The van der Waals surface area contributed by atoms with Crippen LogP contribution in [0.5, 0.6) is 0 Å². The Hall–Kier alpha value is -2.20. The lowest BCUT2D eigenvalue weighted by Crippen LogP contribution is -2.25. The zero-order valence-electron chi connectivity index (χ0n) is 10.5. The quantitative estimate of drug-likeness (QED) is 0.721. The number of esters is 1. The van der Waals surface area contributed by atoms with Crippen LogP contribution in [0.3, 0.4) is 0 Å². The predicted octanol–water partition coefficient (Wildman–Crippen LogP) is 0.0529. The molecule has 0 radical (unpaired) electrons. The summed E-state index contributed by atoms with van der Waals surface area (Å²) in [6.45, 7) is 1.66. The molecule has 0 aliphatic heterocycles. The van der Waals surface area contributed by atoms with Gasteiger partial charge in [-0.1, -0.05) is 5.16 Å². The number of carbonyl (C=O) groups excluding carboxylic acids is 1. The molecule has 0 spiro atoms. The fourth-order valence-electron chi connectivity index (χ4n) is 1.41. The van der Waals surface area contributed by atoms with Gasteiger partial charge in [0.05, 0.1) is 25.5 Å². The van der Waals surface area contributed by atoms with Crippen molar-refractivity contribution in [3.8, 4) is 0 Å². The summed E-state index contributed by atoms with van der Waals surface area (Å²) in [4.78, 5) is 11.6. The monoisotopic (exact) mass is 300 g/mol. The van der Waals surface area contributed by atoms with Gasteiger partial charge in [-0.05, 0) is 6.92 Å². The molecule has 0 unspecified atom stereocenters. The molecule has 0 amide bonds. The maximum atomic E-state index is 12.1. The highest BCUT2D eigenvalue weighted by atomic mass is 32.2. The Bertz CT molecular complexity index is 676. The Kier molecular flexibility index (Phi) is 4.15. The van der Waals surface area contributed by atoms with E-state index in [-0.39, 0.29) is 23.7 Å². The zero-order valence-corrected chi connectivity index (χ0v) is 11.3. The number of sulfonamides is 1. The molecule has 2 N–H and O–H groups in total. The first kappa shape index (κ1) is 14.2. The van der Waals surface area contributed by atoms with Crippen LogP contribution in [-0.4, -0.2) is 36.3 Å². The van der Waals surface area contributed by atoms with Crippen LogP contribution in [0.15, 0.2) is 28.0 Å². The minimum absolute atomic E-state index is 0.0936. The zero-order chi connectivity index (χ0) is 14.6. The Morgan fingerprint density at radius 1 is 1.55 bits per heavy atom. The van der Waals surface area contributed by atoms with Gasteiger partial charge in [0.2, 0.25) is 0 Å². The number of rotatable bonds is 6. The summed E-state index contributed by atoms with van der Waals surface area (Å²) in [7, 11) is -3.94. The van der Waals surface area contributed by atoms with Crippen LogP contribution in [0.25, 0.3) is 0 Å². The molecule has 0 saturated heterocycles. The Morgan fingerprint density at radius 3 is 3.00 bits per heavy atom. The standard InChI is InChI=1S/C10H12N4O5S/c1-2-18-10(15)8-6-11-14-9(8)20(16,17)13-5-7-3-4-12-19-7/h3-4,6,13H,2,5H2,1H3,(H,11,14). The average molecular weight is 300 g/mol. The fourth-order valence-corrected chi connectivity index (χ4v) is 2.48. The van der Waals surface area contributed by atoms with Gasteiger partial charge in [-0.2, -0.15) is 5.10 Å². The molecule has 0 aliphatic rings. The van der Waals surface area contributed by atoms with Gasteiger partial charge in [0.15, 0.2) is 10.8 Å². The van der Waals surface area contributed by atoms with E-state index in [1.807, 2.05) is 0 Å². The number of hydrogen-bond acceptors (Lipinski definition) is 7. The number of ether oxygens (including phenoxy) is 1. The van der Waals surface area contributed by atoms with E-state index in [4.69, 9.17) is 9.26 Å². The highest BCUT2D eigenvalue weighted by Crippen LogP contribution is 2.13. The summed E-state index contributed by atoms with van der Waals surface area (Å²) >= 11 is 0. The van der Waals surface area contributed by atoms with Crippen LogP contribution in [0.4, 0.5) is 0 Å². The first-order valence-electron chi connectivity index (χ1n) is 5.64. The molecule has 0 aromatic carbocycles. The van der Waals surface area contributed by atoms with Gasteiger partial charge < -0.3 is 9.26 Å². The van der Waals surface area contributed by atoms with Gasteiger partial charge in [-0.15, -0.1) is 0 Å². The third kappa shape index (κ3) is 3.03. The third-order valence-corrected chi connectivity index (χ3v) is 3.67. The molecule has 0 saturated carbocycles. The molecular weight excluding hydrogens is 288 g/mol. The Labute approximate surface area is 114 Å². The van der Waals surface area contributed by atoms with Crippen LogP contribution in [0.1, 0.15) is 23.0 Å². The van der Waals surface area contributed by atoms with Crippen molar-refractivity contribution in [2.75, 3.05) is 6.61 Å². The third-order valence-electron chi connectivity index (χ3n) is 2.30. The van der Waals surface area contributed by atoms with Crippen molar-refractivity contribution in [3.05, 3.63) is 29.8 Å². The molecular formula is C10H12N4O5S. The molecule has 2 rings (SSSR count). The molecule has 2 heterocycles. The van der Waals surface area contributed by atoms with Gasteiger partial charge in [-0.3, -0.25) is 5.10 Å². The summed E-state index contributed by atoms with van der Waals surface area (Å²) in [6.07, 6.45) is 2.49. The molecule has 10 heteroatoms. The van der Waals surface area contributed by atoms with E-state index in [0.29, 0.717) is 5.76 Å². The number of nitrogens with zero attached hydrogens (tertiary/aromatic N) is 2. The van der Waals surface area contributed by atoms with Crippen LogP contribution < -0.4 is 4.72 Å². The van der Waals surface area contributed by atoms with Gasteiger partial charge in [-0.25, -0.2) is 17.9 Å². The van der Waals surface area contributed by atoms with E-state index in [1.54, 1.807) is 6.92 Å². The van der Waals surface area contributed by atoms with Crippen LogP contribution in [-0.2, 0) is 21.3 Å². The molecule has 9 nitrogen and oxygen atoms in total. The minimum atomic E-state index is -3.94. The first-order chi connectivity index (χ1) is 9.54. The normalized spacial score (nSPS) is 11.4. The molecule has 0 aliphatic carbocycles. The lowest BCUT2D eigenvalue weighted by Gasteiger charge is -2.05. The number of aromatic nitrogens is 3. The molecule has 20 heavy (non-hydrogen) atoms. The minimum Gasteiger partial charge on any atom is -0.462 e. The van der Waals surface area contributed by atoms with Crippen LogP contribution in [0.2, 0.25) is 0 Å². The van der Waals surface area contributed by atoms with Crippen molar-refractivity contribution in [2.45, 2.75) is 18.5 Å². The van der Waals surface area contributed by atoms with E-state index in [9.17, 15) is 13.2 Å². The maximum Gasteiger partial charge on any atom is 0.342 e. The summed E-state index contributed by atoms with van der Waals surface area (Å²) in [5.41, 5.74) is -0.156.